The molecule has 0 fully saturated rings. The van der Waals surface area contributed by atoms with E-state index < -0.39 is 0 Å². The van der Waals surface area contributed by atoms with Gasteiger partial charge in [0.15, 0.2) is 23.9 Å². The third-order valence-corrected chi connectivity index (χ3v) is 3.90. The summed E-state index contributed by atoms with van der Waals surface area (Å²) in [6, 6.07) is 9.74. The number of ether oxygens (including phenoxy) is 2. The Morgan fingerprint density at radius 2 is 1.76 bits per heavy atom. The van der Waals surface area contributed by atoms with E-state index in [9.17, 15) is 4.79 Å². The Morgan fingerprint density at radius 3 is 2.36 bits per heavy atom. The van der Waals surface area contributed by atoms with E-state index in [1.165, 1.54) is 0 Å². The summed E-state index contributed by atoms with van der Waals surface area (Å²) in [5.74, 6) is 1.39. The van der Waals surface area contributed by atoms with E-state index in [0.29, 0.717) is 24.6 Å². The number of amides is 1. The van der Waals surface area contributed by atoms with Crippen molar-refractivity contribution in [2.24, 2.45) is 0 Å². The van der Waals surface area contributed by atoms with Crippen LogP contribution >= 0.6 is 0 Å². The van der Waals surface area contributed by atoms with Crippen molar-refractivity contribution < 1.29 is 18.8 Å². The first-order chi connectivity index (χ1) is 12.0. The molecule has 0 bridgehead atoms. The molecule has 0 unspecified atom stereocenters. The van der Waals surface area contributed by atoms with Gasteiger partial charge >= 0.3 is 0 Å². The molecule has 1 amide bonds. The minimum absolute atomic E-state index is 0.0110. The van der Waals surface area contributed by atoms with Crippen molar-refractivity contribution in [2.45, 2.75) is 13.0 Å². The highest BCUT2D eigenvalue weighted by Crippen LogP contribution is 2.27. The third-order valence-electron chi connectivity index (χ3n) is 3.90. The maximum atomic E-state index is 12.1. The van der Waals surface area contributed by atoms with E-state index in [2.05, 4.69) is 5.32 Å². The Bertz CT molecular complexity index is 700. The number of benzene rings is 1. The van der Waals surface area contributed by atoms with Crippen LogP contribution in [0.2, 0.25) is 0 Å². The van der Waals surface area contributed by atoms with Crippen LogP contribution in [-0.2, 0) is 17.8 Å². The van der Waals surface area contributed by atoms with Crippen LogP contribution < -0.4 is 24.3 Å². The van der Waals surface area contributed by atoms with Gasteiger partial charge in [0.2, 0.25) is 6.54 Å². The lowest BCUT2D eigenvalue weighted by molar-refractivity contribution is -0.684. The van der Waals surface area contributed by atoms with Crippen LogP contribution in [0.15, 0.2) is 42.7 Å². The number of carbonyl (C=O) groups is 1. The zero-order chi connectivity index (χ0) is 18.2. The molecule has 6 nitrogen and oxygen atoms in total. The van der Waals surface area contributed by atoms with E-state index in [-0.39, 0.29) is 5.91 Å². The maximum Gasteiger partial charge on any atom is 0.285 e. The molecule has 0 saturated heterocycles. The van der Waals surface area contributed by atoms with Crippen LogP contribution in [0.4, 0.5) is 5.69 Å². The summed E-state index contributed by atoms with van der Waals surface area (Å²) in [5.41, 5.74) is 2.19. The zero-order valence-corrected chi connectivity index (χ0v) is 15.3. The number of aromatic nitrogens is 1. The Morgan fingerprint density at radius 1 is 1.08 bits per heavy atom. The molecule has 0 radical (unpaired) electrons. The first-order valence-electron chi connectivity index (χ1n) is 8.17. The minimum Gasteiger partial charge on any atom is -0.493 e. The van der Waals surface area contributed by atoms with E-state index >= 15 is 0 Å². The van der Waals surface area contributed by atoms with Crippen LogP contribution in [0.1, 0.15) is 5.56 Å². The quantitative estimate of drug-likeness (QED) is 0.736. The van der Waals surface area contributed by atoms with Crippen molar-refractivity contribution in [1.29, 1.82) is 0 Å². The number of carbonyl (C=O) groups excluding carboxylic acids is 1. The Kier molecular flexibility index (Phi) is 6.62. The molecule has 1 aromatic heterocycles. The lowest BCUT2D eigenvalue weighted by atomic mass is 10.1. The van der Waals surface area contributed by atoms with Crippen molar-refractivity contribution in [3.05, 3.63) is 48.3 Å². The number of nitrogens with one attached hydrogen (secondary N) is 1. The van der Waals surface area contributed by atoms with E-state index in [1.54, 1.807) is 14.2 Å². The highest BCUT2D eigenvalue weighted by atomic mass is 16.5. The number of anilines is 1. The van der Waals surface area contributed by atoms with Gasteiger partial charge in [0.05, 0.1) is 14.2 Å². The number of rotatable bonds is 8. The zero-order valence-electron chi connectivity index (χ0n) is 15.3. The molecule has 134 valence electrons. The van der Waals surface area contributed by atoms with E-state index in [0.717, 1.165) is 17.7 Å². The molecule has 0 aliphatic rings. The van der Waals surface area contributed by atoms with E-state index in [1.807, 2.05) is 66.3 Å². The second-order valence-corrected chi connectivity index (χ2v) is 5.91. The van der Waals surface area contributed by atoms with Crippen molar-refractivity contribution in [1.82, 2.24) is 5.32 Å². The molecule has 2 rings (SSSR count). The second-order valence-electron chi connectivity index (χ2n) is 5.91. The molecule has 6 heteroatoms. The minimum atomic E-state index is -0.0110. The van der Waals surface area contributed by atoms with Crippen molar-refractivity contribution in [3.8, 4) is 11.5 Å². The van der Waals surface area contributed by atoms with Gasteiger partial charge in [-0.25, -0.2) is 0 Å². The number of hydrogen-bond acceptors (Lipinski definition) is 4. The fourth-order valence-electron chi connectivity index (χ4n) is 2.46. The first-order valence-corrected chi connectivity index (χ1v) is 8.17. The van der Waals surface area contributed by atoms with Crippen molar-refractivity contribution >= 4 is 11.6 Å². The maximum absolute atomic E-state index is 12.1. The molecule has 1 N–H and O–H groups in total. The van der Waals surface area contributed by atoms with Crippen LogP contribution in [0, 0.1) is 0 Å². The summed E-state index contributed by atoms with van der Waals surface area (Å²) in [7, 11) is 7.20. The molecule has 1 aromatic carbocycles. The van der Waals surface area contributed by atoms with Gasteiger partial charge in [-0.3, -0.25) is 4.79 Å². The number of pyridine rings is 1. The molecular weight excluding hydrogens is 318 g/mol. The average Bonchev–Trinajstić information content (AvgIpc) is 2.62. The molecule has 0 aliphatic carbocycles. The van der Waals surface area contributed by atoms with Gasteiger partial charge in [0.25, 0.3) is 5.91 Å². The number of nitrogens with zero attached hydrogens (tertiary/aromatic N) is 2. The topological polar surface area (TPSA) is 54.7 Å². The van der Waals surface area contributed by atoms with Gasteiger partial charge in [-0.15, -0.1) is 0 Å². The Hall–Kier alpha value is -2.76. The summed E-state index contributed by atoms with van der Waals surface area (Å²) in [6.45, 7) is 0.879. The average molecular weight is 344 g/mol. The summed E-state index contributed by atoms with van der Waals surface area (Å²) in [5, 5.41) is 2.94. The summed E-state index contributed by atoms with van der Waals surface area (Å²) >= 11 is 0. The Balaban J connectivity index is 1.82. The molecule has 2 aromatic rings. The molecule has 0 atom stereocenters. The number of methoxy groups -OCH3 is 2. The predicted molar refractivity (Wildman–Crippen MR) is 97.2 cm³/mol. The van der Waals surface area contributed by atoms with Crippen LogP contribution in [0.3, 0.4) is 0 Å². The van der Waals surface area contributed by atoms with E-state index in [4.69, 9.17) is 9.47 Å². The van der Waals surface area contributed by atoms with Gasteiger partial charge in [-0.05, 0) is 24.1 Å². The molecule has 1 heterocycles. The van der Waals surface area contributed by atoms with Crippen LogP contribution in [0.5, 0.6) is 11.5 Å². The standard InChI is InChI=1S/C19H25N3O3/c1-21(2)16-8-11-22(12-9-16)14-19(23)20-10-7-15-5-6-17(24-3)18(13-15)25-4/h5-6,8-9,11-13H,7,10,14H2,1-4H3/p+1. The fourth-order valence-corrected chi connectivity index (χ4v) is 2.46. The highest BCUT2D eigenvalue weighted by Gasteiger charge is 2.10. The van der Waals surface area contributed by atoms with Crippen LogP contribution in [-0.4, -0.2) is 40.8 Å². The third kappa shape index (κ3) is 5.38. The highest BCUT2D eigenvalue weighted by molar-refractivity contribution is 5.74. The monoisotopic (exact) mass is 344 g/mol. The normalized spacial score (nSPS) is 10.2. The summed E-state index contributed by atoms with van der Waals surface area (Å²) in [4.78, 5) is 14.1. The second kappa shape index (κ2) is 8.92. The molecule has 0 saturated carbocycles. The fraction of sp³-hybridized carbons (Fsp3) is 0.368. The summed E-state index contributed by atoms with van der Waals surface area (Å²) in [6.07, 6.45) is 4.54. The first kappa shape index (κ1) is 18.6. The lowest BCUT2D eigenvalue weighted by Gasteiger charge is -2.11. The molecular formula is C19H26N3O3+. The molecule has 0 aliphatic heterocycles. The SMILES string of the molecule is COc1ccc(CCNC(=O)C[n+]2ccc(N(C)C)cc2)cc1OC. The van der Waals surface area contributed by atoms with Gasteiger partial charge in [-0.1, -0.05) is 6.07 Å². The lowest BCUT2D eigenvalue weighted by Crippen LogP contribution is -2.42. The number of hydrogen-bond donors (Lipinski definition) is 1. The molecule has 25 heavy (non-hydrogen) atoms. The Labute approximate surface area is 149 Å². The predicted octanol–water partition coefficient (Wildman–Crippen LogP) is 1.42. The smallest absolute Gasteiger partial charge is 0.285 e. The van der Waals surface area contributed by atoms with Gasteiger partial charge in [0, 0.05) is 38.5 Å². The summed E-state index contributed by atoms with van der Waals surface area (Å²) < 4.78 is 12.4. The van der Waals surface area contributed by atoms with Crippen molar-refractivity contribution in [3.63, 3.8) is 0 Å². The van der Waals surface area contributed by atoms with Gasteiger partial charge < -0.3 is 19.7 Å². The van der Waals surface area contributed by atoms with Gasteiger partial charge in [-0.2, -0.15) is 4.57 Å². The van der Waals surface area contributed by atoms with Gasteiger partial charge in [0.1, 0.15) is 0 Å². The molecule has 0 spiro atoms. The largest absolute Gasteiger partial charge is 0.493 e. The van der Waals surface area contributed by atoms with Crippen LogP contribution in [0.25, 0.3) is 0 Å². The van der Waals surface area contributed by atoms with Crippen molar-refractivity contribution in [2.75, 3.05) is 39.8 Å².